The lowest BCUT2D eigenvalue weighted by Gasteiger charge is -2.42. The molecule has 1 aromatic carbocycles. The number of imidazole rings is 1. The average Bonchev–Trinajstić information content (AvgIpc) is 3.14. The van der Waals surface area contributed by atoms with Crippen LogP contribution in [0.1, 0.15) is 68.9 Å². The zero-order valence-corrected chi connectivity index (χ0v) is 21.5. The number of fused-ring (bicyclic) bond motifs is 1. The van der Waals surface area contributed by atoms with E-state index in [1.807, 2.05) is 6.07 Å². The lowest BCUT2D eigenvalue weighted by Crippen LogP contribution is -2.47. The monoisotopic (exact) mass is 511 g/mol. The van der Waals surface area contributed by atoms with E-state index in [4.69, 9.17) is 5.11 Å². The van der Waals surface area contributed by atoms with Gasteiger partial charge in [-0.2, -0.15) is 0 Å². The van der Waals surface area contributed by atoms with Crippen molar-refractivity contribution < 1.29 is 19.5 Å². The predicted molar refractivity (Wildman–Crippen MR) is 138 cm³/mol. The molecule has 1 aromatic heterocycles. The number of imide groups is 1. The fraction of sp³-hybridized carbons (Fsp3) is 0.630. The molecule has 3 aliphatic rings. The van der Waals surface area contributed by atoms with Crippen LogP contribution in [0.3, 0.4) is 0 Å². The van der Waals surface area contributed by atoms with Gasteiger partial charge in [0.15, 0.2) is 0 Å². The van der Waals surface area contributed by atoms with Crippen molar-refractivity contribution in [3.05, 3.63) is 34.2 Å². The summed E-state index contributed by atoms with van der Waals surface area (Å²) in [6.45, 7) is 5.07. The largest absolute Gasteiger partial charge is 0.481 e. The molecule has 2 aromatic rings. The number of aryl methyl sites for hydroxylation is 1. The number of carboxylic acid groups (broad SMARTS) is 1. The number of aromatic nitrogens is 2. The molecule has 3 saturated heterocycles. The molecule has 0 radical (unpaired) electrons. The molecule has 0 aliphatic carbocycles. The zero-order valence-electron chi connectivity index (χ0n) is 21.5. The molecule has 0 saturated carbocycles. The normalized spacial score (nSPS) is 23.0. The molecule has 2 amide bonds. The van der Waals surface area contributed by atoms with Crippen LogP contribution in [0.25, 0.3) is 11.0 Å². The van der Waals surface area contributed by atoms with Crippen LogP contribution in [0.4, 0.5) is 0 Å². The van der Waals surface area contributed by atoms with Crippen molar-refractivity contribution >= 4 is 28.8 Å². The Morgan fingerprint density at radius 2 is 1.73 bits per heavy atom. The quantitative estimate of drug-likeness (QED) is 0.545. The van der Waals surface area contributed by atoms with Crippen LogP contribution in [0.15, 0.2) is 23.0 Å². The van der Waals surface area contributed by atoms with E-state index in [0.717, 1.165) is 75.9 Å². The minimum atomic E-state index is -0.717. The van der Waals surface area contributed by atoms with Crippen LogP contribution in [0.2, 0.25) is 0 Å². The number of rotatable bonds is 7. The van der Waals surface area contributed by atoms with E-state index in [1.54, 1.807) is 11.6 Å². The first-order chi connectivity index (χ1) is 17.8. The number of piperidine rings is 3. The first-order valence-corrected chi connectivity index (χ1v) is 13.5. The lowest BCUT2D eigenvalue weighted by molar-refractivity contribution is -0.137. The third-order valence-corrected chi connectivity index (χ3v) is 8.57. The maximum atomic E-state index is 13.1. The molecule has 4 heterocycles. The molecule has 3 aliphatic heterocycles. The Bertz CT molecular complexity index is 1230. The fourth-order valence-electron chi connectivity index (χ4n) is 6.42. The minimum absolute atomic E-state index is 0.231. The van der Waals surface area contributed by atoms with Gasteiger partial charge in [-0.1, -0.05) is 6.07 Å². The standard InChI is InChI=1S/C27H37N5O5/c1-29-23-17-19(4-5-21(23)32(27(29)37)22-6-7-24(33)28-26(22)36)18-8-15-31(16-9-18)20-10-13-30(14-11-20)12-2-3-25(34)35/h4-5,17-18,20,22H,2-3,6-16H2,1H3,(H,34,35)(H,28,33,36). The number of carboxylic acids is 1. The SMILES string of the molecule is Cn1c(=O)n(C2CCC(=O)NC2=O)c2ccc(C3CCN(C4CCN(CCCC(=O)O)CC4)CC3)cc21. The number of nitrogens with one attached hydrogen (secondary N) is 1. The highest BCUT2D eigenvalue weighted by atomic mass is 16.4. The summed E-state index contributed by atoms with van der Waals surface area (Å²) >= 11 is 0. The van der Waals surface area contributed by atoms with E-state index in [0.29, 0.717) is 18.4 Å². The molecular formula is C27H37N5O5. The number of hydrogen-bond acceptors (Lipinski definition) is 6. The molecule has 200 valence electrons. The predicted octanol–water partition coefficient (Wildman–Crippen LogP) is 1.83. The van der Waals surface area contributed by atoms with Gasteiger partial charge in [0.05, 0.1) is 11.0 Å². The maximum absolute atomic E-state index is 13.1. The van der Waals surface area contributed by atoms with Gasteiger partial charge >= 0.3 is 11.7 Å². The third-order valence-electron chi connectivity index (χ3n) is 8.57. The first-order valence-electron chi connectivity index (χ1n) is 13.5. The molecule has 3 fully saturated rings. The molecular weight excluding hydrogens is 474 g/mol. The zero-order chi connectivity index (χ0) is 26.1. The maximum Gasteiger partial charge on any atom is 0.329 e. The Kier molecular flexibility index (Phi) is 7.48. The van der Waals surface area contributed by atoms with E-state index >= 15 is 0 Å². The molecule has 10 heteroatoms. The molecule has 1 atom stereocenters. The van der Waals surface area contributed by atoms with Crippen molar-refractivity contribution in [1.29, 1.82) is 0 Å². The van der Waals surface area contributed by atoms with E-state index in [2.05, 4.69) is 27.2 Å². The third kappa shape index (κ3) is 5.36. The van der Waals surface area contributed by atoms with Crippen LogP contribution in [-0.4, -0.2) is 80.6 Å². The van der Waals surface area contributed by atoms with Gasteiger partial charge in [-0.15, -0.1) is 0 Å². The van der Waals surface area contributed by atoms with Gasteiger partial charge in [0.25, 0.3) is 0 Å². The summed E-state index contributed by atoms with van der Waals surface area (Å²) in [5.41, 5.74) is 2.56. The first kappa shape index (κ1) is 25.7. The molecule has 2 N–H and O–H groups in total. The second-order valence-corrected chi connectivity index (χ2v) is 10.8. The van der Waals surface area contributed by atoms with Crippen molar-refractivity contribution in [3.63, 3.8) is 0 Å². The number of carbonyl (C=O) groups is 3. The molecule has 1 unspecified atom stereocenters. The second kappa shape index (κ2) is 10.8. The Hall–Kier alpha value is -2.98. The van der Waals surface area contributed by atoms with Gasteiger partial charge in [0.2, 0.25) is 11.8 Å². The Morgan fingerprint density at radius 3 is 2.41 bits per heavy atom. The number of amides is 2. The van der Waals surface area contributed by atoms with E-state index in [9.17, 15) is 19.2 Å². The van der Waals surface area contributed by atoms with Crippen molar-refractivity contribution in [2.45, 2.75) is 69.4 Å². The van der Waals surface area contributed by atoms with Crippen molar-refractivity contribution in [2.75, 3.05) is 32.7 Å². The van der Waals surface area contributed by atoms with Crippen molar-refractivity contribution in [2.24, 2.45) is 7.05 Å². The molecule has 37 heavy (non-hydrogen) atoms. The Balaban J connectivity index is 1.20. The smallest absolute Gasteiger partial charge is 0.329 e. The summed E-state index contributed by atoms with van der Waals surface area (Å²) in [6, 6.07) is 6.10. The summed E-state index contributed by atoms with van der Waals surface area (Å²) in [6.07, 6.45) is 5.97. The van der Waals surface area contributed by atoms with E-state index < -0.39 is 17.9 Å². The summed E-state index contributed by atoms with van der Waals surface area (Å²) in [7, 11) is 1.74. The van der Waals surface area contributed by atoms with E-state index in [-0.39, 0.29) is 24.4 Å². The highest BCUT2D eigenvalue weighted by Gasteiger charge is 2.32. The number of nitrogens with zero attached hydrogens (tertiary/aromatic N) is 4. The van der Waals surface area contributed by atoms with Crippen LogP contribution in [-0.2, 0) is 21.4 Å². The second-order valence-electron chi connectivity index (χ2n) is 10.8. The van der Waals surface area contributed by atoms with Crippen LogP contribution in [0, 0.1) is 0 Å². The Labute approximate surface area is 216 Å². The molecule has 0 spiro atoms. The number of benzene rings is 1. The summed E-state index contributed by atoms with van der Waals surface area (Å²) in [4.78, 5) is 52.8. The summed E-state index contributed by atoms with van der Waals surface area (Å²) < 4.78 is 3.15. The highest BCUT2D eigenvalue weighted by molar-refractivity contribution is 6.00. The van der Waals surface area contributed by atoms with Gasteiger partial charge in [-0.25, -0.2) is 4.79 Å². The number of carbonyl (C=O) groups excluding carboxylic acids is 2. The topological polar surface area (TPSA) is 117 Å². The molecule has 5 rings (SSSR count). The van der Waals surface area contributed by atoms with Gasteiger partial charge in [-0.3, -0.25) is 28.8 Å². The van der Waals surface area contributed by atoms with Gasteiger partial charge in [0, 0.05) is 25.9 Å². The number of hydrogen-bond donors (Lipinski definition) is 2. The van der Waals surface area contributed by atoms with Crippen LogP contribution in [0.5, 0.6) is 0 Å². The van der Waals surface area contributed by atoms with Gasteiger partial charge in [0.1, 0.15) is 6.04 Å². The molecule has 0 bridgehead atoms. The molecule has 10 nitrogen and oxygen atoms in total. The average molecular weight is 512 g/mol. The number of likely N-dealkylation sites (tertiary alicyclic amines) is 2. The summed E-state index contributed by atoms with van der Waals surface area (Å²) in [5.74, 6) is -0.977. The highest BCUT2D eigenvalue weighted by Crippen LogP contribution is 2.33. The van der Waals surface area contributed by atoms with Gasteiger partial charge in [-0.05, 0) is 94.9 Å². The van der Waals surface area contributed by atoms with Gasteiger partial charge < -0.3 is 14.9 Å². The lowest BCUT2D eigenvalue weighted by atomic mass is 9.87. The van der Waals surface area contributed by atoms with E-state index in [1.165, 1.54) is 10.1 Å². The number of aliphatic carboxylic acids is 1. The van der Waals surface area contributed by atoms with Crippen LogP contribution >= 0.6 is 0 Å². The fourth-order valence-corrected chi connectivity index (χ4v) is 6.42. The van der Waals surface area contributed by atoms with Crippen molar-refractivity contribution in [1.82, 2.24) is 24.3 Å². The Morgan fingerprint density at radius 1 is 1.00 bits per heavy atom. The van der Waals surface area contributed by atoms with Crippen LogP contribution < -0.4 is 11.0 Å². The minimum Gasteiger partial charge on any atom is -0.481 e. The summed E-state index contributed by atoms with van der Waals surface area (Å²) in [5, 5.41) is 11.2. The van der Waals surface area contributed by atoms with Crippen molar-refractivity contribution in [3.8, 4) is 0 Å².